The third kappa shape index (κ3) is 3.18. The van der Waals surface area contributed by atoms with Gasteiger partial charge in [-0.15, -0.1) is 0 Å². The van der Waals surface area contributed by atoms with Gasteiger partial charge in [-0.25, -0.2) is 4.98 Å². The van der Waals surface area contributed by atoms with Gasteiger partial charge < -0.3 is 11.5 Å². The highest BCUT2D eigenvalue weighted by atomic mass is 14.8. The number of pyridine rings is 1. The van der Waals surface area contributed by atoms with Crippen LogP contribution in [0.5, 0.6) is 0 Å². The Kier molecular flexibility index (Phi) is 3.65. The molecular weight excluding hydrogens is 174 g/mol. The van der Waals surface area contributed by atoms with Crippen molar-refractivity contribution in [3.8, 4) is 0 Å². The summed E-state index contributed by atoms with van der Waals surface area (Å²) in [5.41, 5.74) is 13.3. The number of anilines is 1. The Morgan fingerprint density at radius 1 is 1.57 bits per heavy atom. The second kappa shape index (κ2) is 4.77. The first-order valence-corrected chi connectivity index (χ1v) is 4.74. The minimum atomic E-state index is 0.203. The molecule has 0 amide bonds. The normalized spacial score (nSPS) is 13.4. The van der Waals surface area contributed by atoms with E-state index in [1.165, 1.54) is 0 Å². The molecule has 0 unspecified atom stereocenters. The van der Waals surface area contributed by atoms with E-state index in [2.05, 4.69) is 11.1 Å². The second-order valence-corrected chi connectivity index (χ2v) is 3.59. The van der Waals surface area contributed by atoms with Crippen molar-refractivity contribution < 1.29 is 0 Å². The first-order valence-electron chi connectivity index (χ1n) is 4.74. The van der Waals surface area contributed by atoms with Gasteiger partial charge in [-0.3, -0.25) is 0 Å². The predicted molar refractivity (Wildman–Crippen MR) is 60.7 cm³/mol. The van der Waals surface area contributed by atoms with Crippen LogP contribution < -0.4 is 11.5 Å². The average molecular weight is 191 g/mol. The van der Waals surface area contributed by atoms with Crippen molar-refractivity contribution in [3.63, 3.8) is 0 Å². The third-order valence-electron chi connectivity index (χ3n) is 1.96. The summed E-state index contributed by atoms with van der Waals surface area (Å²) in [4.78, 5) is 4.07. The van der Waals surface area contributed by atoms with E-state index in [0.717, 1.165) is 17.5 Å². The van der Waals surface area contributed by atoms with Crippen molar-refractivity contribution in [2.75, 3.05) is 5.73 Å². The van der Waals surface area contributed by atoms with Crippen LogP contribution in [0.2, 0.25) is 0 Å². The van der Waals surface area contributed by atoms with E-state index in [9.17, 15) is 0 Å². The van der Waals surface area contributed by atoms with Gasteiger partial charge in [-0.05, 0) is 37.5 Å². The SMILES string of the molecule is Cc1cc(/C=C/C[C@H](C)N)cnc1N. The molecule has 4 N–H and O–H groups in total. The fourth-order valence-corrected chi connectivity index (χ4v) is 1.12. The van der Waals surface area contributed by atoms with E-state index < -0.39 is 0 Å². The number of nitrogens with zero attached hydrogens (tertiary/aromatic N) is 1. The van der Waals surface area contributed by atoms with Crippen molar-refractivity contribution in [3.05, 3.63) is 29.5 Å². The molecule has 0 aliphatic carbocycles. The molecule has 0 spiro atoms. The zero-order valence-electron chi connectivity index (χ0n) is 8.70. The Morgan fingerprint density at radius 3 is 2.86 bits per heavy atom. The summed E-state index contributed by atoms with van der Waals surface area (Å²) in [6.07, 6.45) is 6.71. The maximum Gasteiger partial charge on any atom is 0.126 e. The number of aromatic nitrogens is 1. The summed E-state index contributed by atoms with van der Waals surface area (Å²) < 4.78 is 0. The summed E-state index contributed by atoms with van der Waals surface area (Å²) in [5.74, 6) is 0.592. The molecule has 0 saturated carbocycles. The molecule has 1 heterocycles. The molecule has 0 aliphatic rings. The largest absolute Gasteiger partial charge is 0.383 e. The van der Waals surface area contributed by atoms with Crippen LogP contribution in [-0.2, 0) is 0 Å². The predicted octanol–water partition coefficient (Wildman–Crippen LogP) is 1.72. The maximum atomic E-state index is 5.62. The van der Waals surface area contributed by atoms with E-state index in [-0.39, 0.29) is 6.04 Å². The van der Waals surface area contributed by atoms with Gasteiger partial charge in [0.25, 0.3) is 0 Å². The van der Waals surface area contributed by atoms with Gasteiger partial charge in [-0.1, -0.05) is 12.2 Å². The first kappa shape index (κ1) is 10.7. The van der Waals surface area contributed by atoms with Crippen LogP contribution in [0.1, 0.15) is 24.5 Å². The van der Waals surface area contributed by atoms with E-state index in [4.69, 9.17) is 11.5 Å². The van der Waals surface area contributed by atoms with Gasteiger partial charge in [0.1, 0.15) is 5.82 Å². The lowest BCUT2D eigenvalue weighted by Gasteiger charge is -2.00. The standard InChI is InChI=1S/C11H17N3/c1-8-6-10(7-14-11(8)13)5-3-4-9(2)12/h3,5-7,9H,4,12H2,1-2H3,(H2,13,14)/b5-3+/t9-/m0/s1. The second-order valence-electron chi connectivity index (χ2n) is 3.59. The van der Waals surface area contributed by atoms with Crippen molar-refractivity contribution in [2.45, 2.75) is 26.3 Å². The Balaban J connectivity index is 2.68. The average Bonchev–Trinajstić information content (AvgIpc) is 2.10. The van der Waals surface area contributed by atoms with Crippen molar-refractivity contribution in [1.82, 2.24) is 4.98 Å². The van der Waals surface area contributed by atoms with Crippen molar-refractivity contribution in [1.29, 1.82) is 0 Å². The van der Waals surface area contributed by atoms with Gasteiger partial charge in [0.2, 0.25) is 0 Å². The lowest BCUT2D eigenvalue weighted by molar-refractivity contribution is 0.759. The molecule has 0 bridgehead atoms. The van der Waals surface area contributed by atoms with Gasteiger partial charge in [0.05, 0.1) is 0 Å². The molecule has 0 aromatic carbocycles. The van der Waals surface area contributed by atoms with Crippen molar-refractivity contribution in [2.24, 2.45) is 5.73 Å². The zero-order chi connectivity index (χ0) is 10.6. The lowest BCUT2D eigenvalue weighted by atomic mass is 10.1. The summed E-state index contributed by atoms with van der Waals surface area (Å²) >= 11 is 0. The van der Waals surface area contributed by atoms with Crippen LogP contribution in [0.25, 0.3) is 6.08 Å². The molecule has 76 valence electrons. The number of nitrogens with two attached hydrogens (primary N) is 2. The summed E-state index contributed by atoms with van der Waals surface area (Å²) in [5, 5.41) is 0. The molecule has 1 aromatic rings. The molecule has 0 radical (unpaired) electrons. The fraction of sp³-hybridized carbons (Fsp3) is 0.364. The summed E-state index contributed by atoms with van der Waals surface area (Å²) in [6, 6.07) is 2.22. The molecule has 0 aliphatic heterocycles. The van der Waals surface area contributed by atoms with Crippen LogP contribution in [-0.4, -0.2) is 11.0 Å². The van der Waals surface area contributed by atoms with E-state index >= 15 is 0 Å². The molecular formula is C11H17N3. The van der Waals surface area contributed by atoms with Crippen molar-refractivity contribution >= 4 is 11.9 Å². The minimum absolute atomic E-state index is 0.203. The van der Waals surface area contributed by atoms with Crippen LogP contribution >= 0.6 is 0 Å². The minimum Gasteiger partial charge on any atom is -0.383 e. The van der Waals surface area contributed by atoms with Gasteiger partial charge in [0, 0.05) is 12.2 Å². The van der Waals surface area contributed by atoms with E-state index in [1.807, 2.05) is 26.0 Å². The molecule has 0 saturated heterocycles. The van der Waals surface area contributed by atoms with Crippen LogP contribution in [0.3, 0.4) is 0 Å². The van der Waals surface area contributed by atoms with E-state index in [0.29, 0.717) is 5.82 Å². The summed E-state index contributed by atoms with van der Waals surface area (Å²) in [6.45, 7) is 3.93. The Morgan fingerprint density at radius 2 is 2.29 bits per heavy atom. The smallest absolute Gasteiger partial charge is 0.126 e. The molecule has 1 atom stereocenters. The summed E-state index contributed by atoms with van der Waals surface area (Å²) in [7, 11) is 0. The van der Waals surface area contributed by atoms with Gasteiger partial charge in [-0.2, -0.15) is 0 Å². The number of hydrogen-bond acceptors (Lipinski definition) is 3. The third-order valence-corrected chi connectivity index (χ3v) is 1.96. The number of hydrogen-bond donors (Lipinski definition) is 2. The quantitative estimate of drug-likeness (QED) is 0.764. The molecule has 14 heavy (non-hydrogen) atoms. The highest BCUT2D eigenvalue weighted by Crippen LogP contribution is 2.10. The Labute approximate surface area is 84.8 Å². The Bertz CT molecular complexity index is 329. The van der Waals surface area contributed by atoms with Gasteiger partial charge >= 0.3 is 0 Å². The molecule has 3 nitrogen and oxygen atoms in total. The topological polar surface area (TPSA) is 64.9 Å². The maximum absolute atomic E-state index is 5.62. The molecule has 3 heteroatoms. The van der Waals surface area contributed by atoms with Crippen LogP contribution in [0.4, 0.5) is 5.82 Å². The number of nitrogen functional groups attached to an aromatic ring is 1. The highest BCUT2D eigenvalue weighted by Gasteiger charge is 1.94. The molecule has 0 fully saturated rings. The highest BCUT2D eigenvalue weighted by molar-refractivity contribution is 5.52. The molecule has 1 aromatic heterocycles. The number of aryl methyl sites for hydroxylation is 1. The van der Waals surface area contributed by atoms with Gasteiger partial charge in [0.15, 0.2) is 0 Å². The lowest BCUT2D eigenvalue weighted by Crippen LogP contribution is -2.12. The molecule has 1 rings (SSSR count). The first-order chi connectivity index (χ1) is 6.59. The van der Waals surface area contributed by atoms with Crippen LogP contribution in [0, 0.1) is 6.92 Å². The van der Waals surface area contributed by atoms with Crippen LogP contribution in [0.15, 0.2) is 18.3 Å². The zero-order valence-corrected chi connectivity index (χ0v) is 8.70. The number of rotatable bonds is 3. The van der Waals surface area contributed by atoms with E-state index in [1.54, 1.807) is 6.20 Å². The fourth-order valence-electron chi connectivity index (χ4n) is 1.12. The Hall–Kier alpha value is -1.35. The monoisotopic (exact) mass is 191 g/mol.